The molecule has 0 atom stereocenters. The van der Waals surface area contributed by atoms with Gasteiger partial charge in [0.15, 0.2) is 0 Å². The molecule has 3 heterocycles. The third-order valence-corrected chi connectivity index (χ3v) is 4.24. The highest BCUT2D eigenvalue weighted by Gasteiger charge is 2.16. The highest BCUT2D eigenvalue weighted by atomic mass is 16.5. The second kappa shape index (κ2) is 7.83. The number of benzene rings is 1. The lowest BCUT2D eigenvalue weighted by atomic mass is 10.2. The molecule has 0 aliphatic carbocycles. The van der Waals surface area contributed by atoms with Gasteiger partial charge < -0.3 is 14.0 Å². The number of imidazole rings is 1. The van der Waals surface area contributed by atoms with E-state index in [1.165, 1.54) is 0 Å². The fourth-order valence-corrected chi connectivity index (χ4v) is 2.77. The van der Waals surface area contributed by atoms with E-state index in [1.54, 1.807) is 42.8 Å². The van der Waals surface area contributed by atoms with Crippen LogP contribution in [0.4, 0.5) is 0 Å². The van der Waals surface area contributed by atoms with E-state index >= 15 is 0 Å². The molecule has 0 fully saturated rings. The molecule has 28 heavy (non-hydrogen) atoms. The van der Waals surface area contributed by atoms with E-state index in [4.69, 9.17) is 4.52 Å². The van der Waals surface area contributed by atoms with Gasteiger partial charge >= 0.3 is 0 Å². The summed E-state index contributed by atoms with van der Waals surface area (Å²) >= 11 is 0. The Morgan fingerprint density at radius 1 is 1.11 bits per heavy atom. The molecule has 0 saturated heterocycles. The Bertz CT molecular complexity index is 1060. The summed E-state index contributed by atoms with van der Waals surface area (Å²) in [6.45, 7) is 0.395. The maximum atomic E-state index is 12.7. The zero-order valence-electron chi connectivity index (χ0n) is 15.3. The van der Waals surface area contributed by atoms with Crippen molar-refractivity contribution in [1.82, 2.24) is 29.6 Å². The Hall–Kier alpha value is -3.81. The van der Waals surface area contributed by atoms with Crippen molar-refractivity contribution in [2.75, 3.05) is 7.05 Å². The highest BCUT2D eigenvalue weighted by Crippen LogP contribution is 2.17. The van der Waals surface area contributed by atoms with Gasteiger partial charge in [0.2, 0.25) is 17.6 Å². The number of rotatable bonds is 6. The summed E-state index contributed by atoms with van der Waals surface area (Å²) in [6.07, 6.45) is 6.82. The number of pyridine rings is 1. The van der Waals surface area contributed by atoms with E-state index in [1.807, 2.05) is 41.0 Å². The predicted octanol–water partition coefficient (Wildman–Crippen LogP) is 2.65. The van der Waals surface area contributed by atoms with Gasteiger partial charge in [-0.15, -0.1) is 0 Å². The number of amides is 1. The molecule has 0 N–H and O–H groups in total. The molecule has 0 radical (unpaired) electrons. The van der Waals surface area contributed by atoms with Gasteiger partial charge in [0.1, 0.15) is 12.4 Å². The molecule has 0 unspecified atom stereocenters. The van der Waals surface area contributed by atoms with Gasteiger partial charge in [-0.1, -0.05) is 35.5 Å². The summed E-state index contributed by atoms with van der Waals surface area (Å²) in [4.78, 5) is 26.9. The Morgan fingerprint density at radius 3 is 2.71 bits per heavy atom. The van der Waals surface area contributed by atoms with Crippen LogP contribution in [0, 0.1) is 0 Å². The number of hydrogen-bond acceptors (Lipinski definition) is 6. The van der Waals surface area contributed by atoms with Crippen LogP contribution < -0.4 is 0 Å². The van der Waals surface area contributed by atoms with Crippen LogP contribution in [-0.2, 0) is 17.9 Å². The van der Waals surface area contributed by atoms with Crippen LogP contribution in [0.2, 0.25) is 0 Å². The van der Waals surface area contributed by atoms with Gasteiger partial charge in [-0.25, -0.2) is 4.98 Å². The van der Waals surface area contributed by atoms with Crippen molar-refractivity contribution in [2.24, 2.45) is 0 Å². The van der Waals surface area contributed by atoms with Crippen molar-refractivity contribution in [3.8, 4) is 22.8 Å². The van der Waals surface area contributed by atoms with E-state index in [0.717, 1.165) is 17.0 Å². The Labute approximate surface area is 161 Å². The Kier molecular flexibility index (Phi) is 4.92. The van der Waals surface area contributed by atoms with E-state index in [0.29, 0.717) is 11.7 Å². The van der Waals surface area contributed by atoms with E-state index in [2.05, 4.69) is 20.1 Å². The monoisotopic (exact) mass is 374 g/mol. The fourth-order valence-electron chi connectivity index (χ4n) is 2.77. The van der Waals surface area contributed by atoms with Gasteiger partial charge in [0.25, 0.3) is 0 Å². The van der Waals surface area contributed by atoms with Gasteiger partial charge in [-0.3, -0.25) is 9.78 Å². The van der Waals surface area contributed by atoms with Crippen LogP contribution in [-0.4, -0.2) is 42.5 Å². The Balaban J connectivity index is 1.43. The van der Waals surface area contributed by atoms with Gasteiger partial charge in [-0.05, 0) is 12.1 Å². The van der Waals surface area contributed by atoms with Gasteiger partial charge in [-0.2, -0.15) is 4.98 Å². The Morgan fingerprint density at radius 2 is 1.93 bits per heavy atom. The van der Waals surface area contributed by atoms with Crippen molar-refractivity contribution in [2.45, 2.75) is 13.1 Å². The minimum atomic E-state index is -0.0868. The highest BCUT2D eigenvalue weighted by molar-refractivity contribution is 5.76. The van der Waals surface area contributed by atoms with Crippen molar-refractivity contribution in [3.63, 3.8) is 0 Å². The lowest BCUT2D eigenvalue weighted by molar-refractivity contribution is -0.131. The summed E-state index contributed by atoms with van der Waals surface area (Å²) in [6, 6.07) is 13.4. The van der Waals surface area contributed by atoms with Crippen LogP contribution in [0.1, 0.15) is 5.89 Å². The van der Waals surface area contributed by atoms with Crippen LogP contribution >= 0.6 is 0 Å². The SMILES string of the molecule is CN(Cc1nc(-c2cccnc2)no1)C(=O)Cn1ccnc1-c1ccccc1. The second-order valence-electron chi connectivity index (χ2n) is 6.25. The fraction of sp³-hybridized carbons (Fsp3) is 0.150. The lowest BCUT2D eigenvalue weighted by Crippen LogP contribution is -2.30. The number of carbonyl (C=O) groups is 1. The maximum absolute atomic E-state index is 12.7. The summed E-state index contributed by atoms with van der Waals surface area (Å²) in [5.74, 6) is 1.48. The van der Waals surface area contributed by atoms with Gasteiger partial charge in [0, 0.05) is 43.0 Å². The van der Waals surface area contributed by atoms with E-state index in [-0.39, 0.29) is 19.0 Å². The largest absolute Gasteiger partial charge is 0.337 e. The molecule has 4 rings (SSSR count). The standard InChI is InChI=1S/C20H18N6O2/c1-25(13-17-23-19(24-28-17)16-8-5-9-21-12-16)18(27)14-26-11-10-22-20(26)15-6-3-2-4-7-15/h2-12H,13-14H2,1H3. The summed E-state index contributed by atoms with van der Waals surface area (Å²) < 4.78 is 7.09. The normalized spacial score (nSPS) is 10.8. The molecule has 4 aromatic rings. The second-order valence-corrected chi connectivity index (χ2v) is 6.25. The molecule has 0 saturated carbocycles. The van der Waals surface area contributed by atoms with Crippen molar-refractivity contribution >= 4 is 5.91 Å². The number of likely N-dealkylation sites (N-methyl/N-ethyl adjacent to an activating group) is 1. The molecule has 1 aromatic carbocycles. The van der Waals surface area contributed by atoms with E-state index in [9.17, 15) is 4.79 Å². The summed E-state index contributed by atoms with van der Waals surface area (Å²) in [7, 11) is 1.70. The first-order chi connectivity index (χ1) is 13.7. The minimum Gasteiger partial charge on any atom is -0.337 e. The first-order valence-electron chi connectivity index (χ1n) is 8.74. The zero-order chi connectivity index (χ0) is 19.3. The molecular weight excluding hydrogens is 356 g/mol. The molecule has 0 aliphatic rings. The smallest absolute Gasteiger partial charge is 0.246 e. The lowest BCUT2D eigenvalue weighted by Gasteiger charge is -2.16. The molecule has 0 aliphatic heterocycles. The first kappa shape index (κ1) is 17.6. The number of hydrogen-bond donors (Lipinski definition) is 0. The molecule has 8 nitrogen and oxygen atoms in total. The molecule has 8 heteroatoms. The van der Waals surface area contributed by atoms with Crippen LogP contribution in [0.5, 0.6) is 0 Å². The zero-order valence-corrected chi connectivity index (χ0v) is 15.3. The quantitative estimate of drug-likeness (QED) is 0.515. The van der Waals surface area contributed by atoms with Crippen molar-refractivity contribution in [3.05, 3.63) is 73.1 Å². The average molecular weight is 374 g/mol. The van der Waals surface area contributed by atoms with E-state index < -0.39 is 0 Å². The first-order valence-corrected chi connectivity index (χ1v) is 8.74. The third-order valence-electron chi connectivity index (χ3n) is 4.24. The third kappa shape index (κ3) is 3.80. The van der Waals surface area contributed by atoms with Crippen LogP contribution in [0.3, 0.4) is 0 Å². The number of aromatic nitrogens is 5. The van der Waals surface area contributed by atoms with Crippen molar-refractivity contribution < 1.29 is 9.32 Å². The minimum absolute atomic E-state index is 0.0868. The average Bonchev–Trinajstić information content (AvgIpc) is 3.39. The number of carbonyl (C=O) groups excluding carboxylic acids is 1. The topological polar surface area (TPSA) is 89.9 Å². The maximum Gasteiger partial charge on any atom is 0.246 e. The molecule has 140 valence electrons. The molecule has 3 aromatic heterocycles. The molecule has 1 amide bonds. The van der Waals surface area contributed by atoms with Crippen LogP contribution in [0.25, 0.3) is 22.8 Å². The molecular formula is C20H18N6O2. The predicted molar refractivity (Wildman–Crippen MR) is 102 cm³/mol. The summed E-state index contributed by atoms with van der Waals surface area (Å²) in [5.41, 5.74) is 1.72. The molecule has 0 bridgehead atoms. The van der Waals surface area contributed by atoms with Gasteiger partial charge in [0.05, 0.1) is 6.54 Å². The molecule has 0 spiro atoms. The van der Waals surface area contributed by atoms with Crippen LogP contribution in [0.15, 0.2) is 71.8 Å². The van der Waals surface area contributed by atoms with Crippen molar-refractivity contribution in [1.29, 1.82) is 0 Å². The summed E-state index contributed by atoms with van der Waals surface area (Å²) in [5, 5.41) is 3.95. The number of nitrogens with zero attached hydrogens (tertiary/aromatic N) is 6.